The first kappa shape index (κ1) is 27.0. The highest BCUT2D eigenvalue weighted by Gasteiger charge is 2.27. The summed E-state index contributed by atoms with van der Waals surface area (Å²) in [4.78, 5) is 13.3. The number of hydrogen-bond donors (Lipinski definition) is 2. The van der Waals surface area contributed by atoms with E-state index in [1.165, 1.54) is 28.6 Å². The molecule has 1 atom stereocenters. The van der Waals surface area contributed by atoms with Gasteiger partial charge in [0.25, 0.3) is 0 Å². The van der Waals surface area contributed by atoms with Gasteiger partial charge in [0.05, 0.1) is 23.0 Å². The van der Waals surface area contributed by atoms with Crippen molar-refractivity contribution in [3.63, 3.8) is 0 Å². The Kier molecular flexibility index (Phi) is 8.72. The minimum atomic E-state index is -3.93. The summed E-state index contributed by atoms with van der Waals surface area (Å²) in [7, 11) is -7.55. The fourth-order valence-corrected chi connectivity index (χ4v) is 6.54. The van der Waals surface area contributed by atoms with Crippen LogP contribution < -0.4 is 10.0 Å². The number of carbonyl (C=O) groups is 1. The zero-order valence-corrected chi connectivity index (χ0v) is 21.7. The molecule has 3 aromatic rings. The lowest BCUT2D eigenvalue weighted by atomic mass is 10.1. The summed E-state index contributed by atoms with van der Waals surface area (Å²) >= 11 is 0. The smallest absolute Gasteiger partial charge is 0.243 e. The van der Waals surface area contributed by atoms with Crippen LogP contribution in [0.4, 0.5) is 0 Å². The molecule has 3 aromatic carbocycles. The van der Waals surface area contributed by atoms with Gasteiger partial charge in [0, 0.05) is 19.6 Å². The molecule has 0 saturated carbocycles. The Morgan fingerprint density at radius 3 is 2.00 bits per heavy atom. The van der Waals surface area contributed by atoms with Gasteiger partial charge >= 0.3 is 0 Å². The molecular formula is C26H29N3O6S2. The number of morpholine rings is 1. The van der Waals surface area contributed by atoms with Crippen molar-refractivity contribution in [3.05, 3.63) is 96.1 Å². The van der Waals surface area contributed by atoms with E-state index in [0.29, 0.717) is 31.9 Å². The van der Waals surface area contributed by atoms with Gasteiger partial charge in [-0.1, -0.05) is 60.7 Å². The van der Waals surface area contributed by atoms with Crippen molar-refractivity contribution in [2.45, 2.75) is 28.8 Å². The Hall–Kier alpha value is -3.09. The highest BCUT2D eigenvalue weighted by atomic mass is 32.2. The highest BCUT2D eigenvalue weighted by molar-refractivity contribution is 7.89. The molecule has 1 aliphatic heterocycles. The Morgan fingerprint density at radius 1 is 0.784 bits per heavy atom. The highest BCUT2D eigenvalue weighted by Crippen LogP contribution is 2.18. The standard InChI is InChI=1S/C26H29N3O6S2/c30-26(27-20-22-11-13-24(14-12-22)37(33,34)29-15-17-35-18-16-29)25(19-21-7-3-1-4-8-21)28-36(31,32)23-9-5-2-6-10-23/h1-14,25,28H,15-20H2,(H,27,30)/t25-/m1/s1. The summed E-state index contributed by atoms with van der Waals surface area (Å²) < 4.78 is 60.6. The minimum absolute atomic E-state index is 0.0675. The van der Waals surface area contributed by atoms with Crippen LogP contribution in [0, 0.1) is 0 Å². The lowest BCUT2D eigenvalue weighted by Crippen LogP contribution is -2.47. The molecule has 0 aliphatic carbocycles. The Balaban J connectivity index is 1.45. The number of benzene rings is 3. The average Bonchev–Trinajstić information content (AvgIpc) is 2.93. The number of carbonyl (C=O) groups excluding carboxylic acids is 1. The second kappa shape index (κ2) is 12.0. The normalized spacial score (nSPS) is 15.7. The average molecular weight is 544 g/mol. The summed E-state index contributed by atoms with van der Waals surface area (Å²) in [5, 5.41) is 2.77. The number of sulfonamides is 2. The van der Waals surface area contributed by atoms with E-state index in [1.54, 1.807) is 30.3 Å². The van der Waals surface area contributed by atoms with E-state index in [-0.39, 0.29) is 22.8 Å². The molecule has 37 heavy (non-hydrogen) atoms. The van der Waals surface area contributed by atoms with Crippen LogP contribution in [0.1, 0.15) is 11.1 Å². The van der Waals surface area contributed by atoms with Gasteiger partial charge < -0.3 is 10.1 Å². The van der Waals surface area contributed by atoms with Crippen LogP contribution in [0.5, 0.6) is 0 Å². The van der Waals surface area contributed by atoms with E-state index in [4.69, 9.17) is 4.74 Å². The molecule has 196 valence electrons. The van der Waals surface area contributed by atoms with Gasteiger partial charge in [0.15, 0.2) is 0 Å². The van der Waals surface area contributed by atoms with E-state index in [2.05, 4.69) is 10.0 Å². The van der Waals surface area contributed by atoms with Crippen LogP contribution in [0.15, 0.2) is 94.7 Å². The second-order valence-corrected chi connectivity index (χ2v) is 12.2. The summed E-state index contributed by atoms with van der Waals surface area (Å²) in [5.74, 6) is -0.492. The van der Waals surface area contributed by atoms with Gasteiger partial charge in [0.2, 0.25) is 26.0 Å². The lowest BCUT2D eigenvalue weighted by Gasteiger charge is -2.26. The SMILES string of the molecule is O=C(NCc1ccc(S(=O)(=O)N2CCOCC2)cc1)[C@@H](Cc1ccccc1)NS(=O)(=O)c1ccccc1. The molecule has 0 aromatic heterocycles. The van der Waals surface area contributed by atoms with E-state index >= 15 is 0 Å². The number of nitrogens with one attached hydrogen (secondary N) is 2. The van der Waals surface area contributed by atoms with Gasteiger partial charge in [-0.3, -0.25) is 4.79 Å². The maximum Gasteiger partial charge on any atom is 0.243 e. The van der Waals surface area contributed by atoms with Crippen molar-refractivity contribution in [1.29, 1.82) is 0 Å². The summed E-state index contributed by atoms with van der Waals surface area (Å²) in [6, 6.07) is 22.2. The van der Waals surface area contributed by atoms with Gasteiger partial charge in [0.1, 0.15) is 6.04 Å². The first-order chi connectivity index (χ1) is 17.8. The number of rotatable bonds is 10. The van der Waals surface area contributed by atoms with Crippen molar-refractivity contribution >= 4 is 26.0 Å². The molecule has 4 rings (SSSR count). The van der Waals surface area contributed by atoms with Crippen LogP contribution in [-0.2, 0) is 42.5 Å². The van der Waals surface area contributed by atoms with E-state index in [1.807, 2.05) is 30.3 Å². The molecule has 1 amide bonds. The van der Waals surface area contributed by atoms with E-state index < -0.39 is 32.0 Å². The third-order valence-corrected chi connectivity index (χ3v) is 9.35. The summed E-state index contributed by atoms with van der Waals surface area (Å²) in [6.45, 7) is 1.45. The maximum absolute atomic E-state index is 13.1. The molecule has 1 heterocycles. The Morgan fingerprint density at radius 2 is 1.38 bits per heavy atom. The zero-order valence-electron chi connectivity index (χ0n) is 20.1. The fraction of sp³-hybridized carbons (Fsp3) is 0.269. The van der Waals surface area contributed by atoms with E-state index in [0.717, 1.165) is 5.56 Å². The topological polar surface area (TPSA) is 122 Å². The molecule has 0 bridgehead atoms. The Bertz CT molecular complexity index is 1390. The Labute approximate surface area is 217 Å². The quantitative estimate of drug-likeness (QED) is 0.403. The van der Waals surface area contributed by atoms with Gasteiger partial charge in [-0.15, -0.1) is 0 Å². The molecule has 9 nitrogen and oxygen atoms in total. The predicted octanol–water partition coefficient (Wildman–Crippen LogP) is 1.91. The molecule has 0 unspecified atom stereocenters. The monoisotopic (exact) mass is 543 g/mol. The van der Waals surface area contributed by atoms with Crippen molar-refractivity contribution in [3.8, 4) is 0 Å². The number of nitrogens with zero attached hydrogens (tertiary/aromatic N) is 1. The third kappa shape index (κ3) is 7.02. The first-order valence-electron chi connectivity index (χ1n) is 11.8. The number of ether oxygens (including phenoxy) is 1. The van der Waals surface area contributed by atoms with Gasteiger partial charge in [-0.05, 0) is 41.8 Å². The molecule has 1 saturated heterocycles. The number of amides is 1. The van der Waals surface area contributed by atoms with Crippen molar-refractivity contribution in [1.82, 2.24) is 14.3 Å². The van der Waals surface area contributed by atoms with Gasteiger partial charge in [-0.25, -0.2) is 16.8 Å². The fourth-order valence-electron chi connectivity index (χ4n) is 3.92. The summed E-state index contributed by atoms with van der Waals surface area (Å²) in [6.07, 6.45) is 0.162. The minimum Gasteiger partial charge on any atom is -0.379 e. The van der Waals surface area contributed by atoms with Crippen molar-refractivity contribution < 1.29 is 26.4 Å². The van der Waals surface area contributed by atoms with Crippen molar-refractivity contribution in [2.75, 3.05) is 26.3 Å². The molecule has 0 radical (unpaired) electrons. The van der Waals surface area contributed by atoms with Crippen LogP contribution in [0.3, 0.4) is 0 Å². The van der Waals surface area contributed by atoms with Crippen LogP contribution in [0.25, 0.3) is 0 Å². The third-order valence-electron chi connectivity index (χ3n) is 5.95. The molecular weight excluding hydrogens is 514 g/mol. The first-order valence-corrected chi connectivity index (χ1v) is 14.7. The second-order valence-electron chi connectivity index (χ2n) is 8.55. The van der Waals surface area contributed by atoms with Crippen LogP contribution in [0.2, 0.25) is 0 Å². The van der Waals surface area contributed by atoms with Crippen LogP contribution in [-0.4, -0.2) is 59.4 Å². The predicted molar refractivity (Wildman–Crippen MR) is 139 cm³/mol. The maximum atomic E-state index is 13.1. The molecule has 1 aliphatic rings. The number of hydrogen-bond acceptors (Lipinski definition) is 6. The van der Waals surface area contributed by atoms with E-state index in [9.17, 15) is 21.6 Å². The summed E-state index contributed by atoms with van der Waals surface area (Å²) in [5.41, 5.74) is 1.48. The molecule has 11 heteroatoms. The van der Waals surface area contributed by atoms with Gasteiger partial charge in [-0.2, -0.15) is 9.03 Å². The van der Waals surface area contributed by atoms with Crippen LogP contribution >= 0.6 is 0 Å². The molecule has 1 fully saturated rings. The molecule has 2 N–H and O–H groups in total. The molecule has 0 spiro atoms. The zero-order chi connectivity index (χ0) is 26.3. The largest absolute Gasteiger partial charge is 0.379 e. The lowest BCUT2D eigenvalue weighted by molar-refractivity contribution is -0.122. The van der Waals surface area contributed by atoms with Crippen molar-refractivity contribution in [2.24, 2.45) is 0 Å².